The first kappa shape index (κ1) is 17.2. The number of hydrogen-bond acceptors (Lipinski definition) is 4. The quantitative estimate of drug-likeness (QED) is 0.858. The fraction of sp³-hybridized carbons (Fsp3) is 0.667. The molecule has 2 heterocycles. The minimum atomic E-state index is -4.52. The molecule has 1 saturated heterocycles. The second kappa shape index (κ2) is 6.97. The molecule has 0 aromatic carbocycles. The van der Waals surface area contributed by atoms with Gasteiger partial charge in [-0.25, -0.2) is 5.01 Å². The van der Waals surface area contributed by atoms with Gasteiger partial charge in [-0.1, -0.05) is 0 Å². The summed E-state index contributed by atoms with van der Waals surface area (Å²) >= 11 is 2.90. The minimum Gasteiger partial charge on any atom is -0.379 e. The molecule has 1 aliphatic heterocycles. The molecule has 1 aliphatic rings. The van der Waals surface area contributed by atoms with Crippen LogP contribution in [0.25, 0.3) is 0 Å². The van der Waals surface area contributed by atoms with Crippen molar-refractivity contribution in [2.75, 3.05) is 26.3 Å². The zero-order valence-electron chi connectivity index (χ0n) is 11.9. The van der Waals surface area contributed by atoms with Crippen LogP contribution in [-0.4, -0.2) is 47.0 Å². The first-order valence-corrected chi connectivity index (χ1v) is 7.50. The summed E-state index contributed by atoms with van der Waals surface area (Å²) in [6.45, 7) is 3.87. The average Bonchev–Trinajstić information content (AvgIpc) is 2.74. The highest BCUT2D eigenvalue weighted by atomic mass is 79.9. The van der Waals surface area contributed by atoms with Crippen molar-refractivity contribution in [1.29, 1.82) is 0 Å². The molecule has 1 amide bonds. The van der Waals surface area contributed by atoms with Crippen LogP contribution in [0.15, 0.2) is 4.47 Å². The Kier molecular flexibility index (Phi) is 5.45. The lowest BCUT2D eigenvalue weighted by molar-refractivity contribution is -0.142. The van der Waals surface area contributed by atoms with Crippen molar-refractivity contribution in [3.05, 3.63) is 15.9 Å². The third kappa shape index (κ3) is 4.20. The number of morpholine rings is 1. The van der Waals surface area contributed by atoms with E-state index in [0.717, 1.165) is 0 Å². The van der Waals surface area contributed by atoms with Gasteiger partial charge >= 0.3 is 6.18 Å². The molecular weight excluding hydrogens is 369 g/mol. The zero-order chi connectivity index (χ0) is 16.3. The topological polar surface area (TPSA) is 59.4 Å². The van der Waals surface area contributed by atoms with Crippen molar-refractivity contribution < 1.29 is 22.7 Å². The van der Waals surface area contributed by atoms with E-state index < -0.39 is 11.9 Å². The molecule has 124 valence electrons. The highest BCUT2D eigenvalue weighted by Gasteiger charge is 2.37. The number of aryl methyl sites for hydroxylation is 1. The van der Waals surface area contributed by atoms with Crippen molar-refractivity contribution in [1.82, 2.24) is 20.2 Å². The standard InChI is InChI=1S/C12H16BrF3N4O2/c1-8-10(13)11(12(14,15)16)18-20(8)3-2-9(21)17-19-4-6-22-7-5-19/h2-7H2,1H3,(H,17,21). The van der Waals surface area contributed by atoms with E-state index in [4.69, 9.17) is 4.74 Å². The molecule has 0 aliphatic carbocycles. The maximum atomic E-state index is 12.7. The number of carbonyl (C=O) groups excluding carboxylic acids is 1. The number of nitrogens with one attached hydrogen (secondary N) is 1. The molecule has 1 fully saturated rings. The van der Waals surface area contributed by atoms with E-state index in [2.05, 4.69) is 26.5 Å². The van der Waals surface area contributed by atoms with Crippen molar-refractivity contribution in [2.24, 2.45) is 0 Å². The second-order valence-electron chi connectivity index (χ2n) is 4.85. The molecule has 10 heteroatoms. The van der Waals surface area contributed by atoms with Crippen molar-refractivity contribution in [3.63, 3.8) is 0 Å². The van der Waals surface area contributed by atoms with Gasteiger partial charge in [0, 0.05) is 19.5 Å². The summed E-state index contributed by atoms with van der Waals surface area (Å²) in [7, 11) is 0. The van der Waals surface area contributed by atoms with Gasteiger partial charge in [-0.05, 0) is 22.9 Å². The number of nitrogens with zero attached hydrogens (tertiary/aromatic N) is 3. The van der Waals surface area contributed by atoms with E-state index in [9.17, 15) is 18.0 Å². The summed E-state index contributed by atoms with van der Waals surface area (Å²) in [5, 5.41) is 5.27. The Balaban J connectivity index is 1.92. The molecule has 1 N–H and O–H groups in total. The molecule has 0 saturated carbocycles. The molecule has 0 bridgehead atoms. The van der Waals surface area contributed by atoms with Gasteiger partial charge in [0.15, 0.2) is 5.69 Å². The monoisotopic (exact) mass is 384 g/mol. The van der Waals surface area contributed by atoms with Crippen LogP contribution in [-0.2, 0) is 22.3 Å². The zero-order valence-corrected chi connectivity index (χ0v) is 13.5. The first-order chi connectivity index (χ1) is 10.3. The molecule has 1 aromatic rings. The highest BCUT2D eigenvalue weighted by Crippen LogP contribution is 2.35. The number of alkyl halides is 3. The smallest absolute Gasteiger partial charge is 0.379 e. The molecule has 22 heavy (non-hydrogen) atoms. The van der Waals surface area contributed by atoms with Crippen molar-refractivity contribution in [2.45, 2.75) is 26.1 Å². The number of aromatic nitrogens is 2. The number of ether oxygens (including phenoxy) is 1. The van der Waals surface area contributed by atoms with Gasteiger partial charge in [0.1, 0.15) is 0 Å². The van der Waals surface area contributed by atoms with E-state index in [1.807, 2.05) is 0 Å². The minimum absolute atomic E-state index is 0.0453. The molecule has 1 aromatic heterocycles. The highest BCUT2D eigenvalue weighted by molar-refractivity contribution is 9.10. The Morgan fingerprint density at radius 3 is 2.59 bits per heavy atom. The lowest BCUT2D eigenvalue weighted by Crippen LogP contribution is -2.48. The fourth-order valence-electron chi connectivity index (χ4n) is 2.04. The Labute approximate surface area is 133 Å². The third-order valence-electron chi connectivity index (χ3n) is 3.25. The van der Waals surface area contributed by atoms with Gasteiger partial charge in [-0.15, -0.1) is 0 Å². The normalized spacial score (nSPS) is 16.8. The number of amides is 1. The number of rotatable bonds is 4. The predicted octanol–water partition coefficient (Wildman–Crippen LogP) is 1.73. The molecule has 0 unspecified atom stereocenters. The number of hydrogen-bond donors (Lipinski definition) is 1. The van der Waals surface area contributed by atoms with Gasteiger partial charge in [0.25, 0.3) is 0 Å². The Hall–Kier alpha value is -1.13. The van der Waals surface area contributed by atoms with Crippen LogP contribution in [0.2, 0.25) is 0 Å². The van der Waals surface area contributed by atoms with Crippen LogP contribution in [0, 0.1) is 6.92 Å². The van der Waals surface area contributed by atoms with Gasteiger partial charge in [-0.3, -0.25) is 14.9 Å². The van der Waals surface area contributed by atoms with Gasteiger partial charge in [-0.2, -0.15) is 18.3 Å². The summed E-state index contributed by atoms with van der Waals surface area (Å²) in [4.78, 5) is 11.8. The molecular formula is C12H16BrF3N4O2. The van der Waals surface area contributed by atoms with E-state index >= 15 is 0 Å². The van der Waals surface area contributed by atoms with Crippen LogP contribution < -0.4 is 5.43 Å². The Morgan fingerprint density at radius 1 is 1.41 bits per heavy atom. The van der Waals surface area contributed by atoms with Crippen LogP contribution in [0.3, 0.4) is 0 Å². The average molecular weight is 385 g/mol. The van der Waals surface area contributed by atoms with E-state index in [0.29, 0.717) is 32.0 Å². The first-order valence-electron chi connectivity index (χ1n) is 6.71. The van der Waals surface area contributed by atoms with Crippen molar-refractivity contribution in [3.8, 4) is 0 Å². The Bertz CT molecular complexity index is 541. The summed E-state index contributed by atoms with van der Waals surface area (Å²) in [6.07, 6.45) is -4.48. The maximum absolute atomic E-state index is 12.7. The largest absolute Gasteiger partial charge is 0.436 e. The summed E-state index contributed by atoms with van der Waals surface area (Å²) in [6, 6.07) is 0. The van der Waals surface area contributed by atoms with Crippen LogP contribution >= 0.6 is 15.9 Å². The number of carbonyl (C=O) groups is 1. The van der Waals surface area contributed by atoms with Crippen LogP contribution in [0.4, 0.5) is 13.2 Å². The molecule has 0 radical (unpaired) electrons. The van der Waals surface area contributed by atoms with Crippen molar-refractivity contribution >= 4 is 21.8 Å². The lowest BCUT2D eigenvalue weighted by atomic mass is 10.3. The molecule has 0 spiro atoms. The summed E-state index contributed by atoms with van der Waals surface area (Å²) in [5.74, 6) is -0.263. The molecule has 6 nitrogen and oxygen atoms in total. The maximum Gasteiger partial charge on any atom is 0.436 e. The Morgan fingerprint density at radius 2 is 2.05 bits per heavy atom. The number of hydrazine groups is 1. The SMILES string of the molecule is Cc1c(Br)c(C(F)(F)F)nn1CCC(=O)NN1CCOCC1. The summed E-state index contributed by atoms with van der Waals surface area (Å²) in [5.41, 5.74) is 2.07. The number of halogens is 4. The lowest BCUT2D eigenvalue weighted by Gasteiger charge is -2.26. The second-order valence-corrected chi connectivity index (χ2v) is 5.65. The molecule has 2 rings (SSSR count). The molecule has 0 atom stereocenters. The van der Waals surface area contributed by atoms with Gasteiger partial charge in [0.05, 0.1) is 29.9 Å². The van der Waals surface area contributed by atoms with E-state index in [1.54, 1.807) is 5.01 Å². The van der Waals surface area contributed by atoms with Gasteiger partial charge in [0.2, 0.25) is 5.91 Å². The third-order valence-corrected chi connectivity index (χ3v) is 4.20. The van der Waals surface area contributed by atoms with E-state index in [-0.39, 0.29) is 23.3 Å². The van der Waals surface area contributed by atoms with Gasteiger partial charge < -0.3 is 4.74 Å². The summed E-state index contributed by atoms with van der Waals surface area (Å²) < 4.78 is 44.5. The van der Waals surface area contributed by atoms with E-state index in [1.165, 1.54) is 11.6 Å². The van der Waals surface area contributed by atoms with Crippen LogP contribution in [0.1, 0.15) is 17.8 Å². The fourth-order valence-corrected chi connectivity index (χ4v) is 2.55. The van der Waals surface area contributed by atoms with Crippen LogP contribution in [0.5, 0.6) is 0 Å². The predicted molar refractivity (Wildman–Crippen MR) is 74.8 cm³/mol.